The minimum absolute atomic E-state index is 0.105. The highest BCUT2D eigenvalue weighted by Gasteiger charge is 2.20. The van der Waals surface area contributed by atoms with E-state index in [4.69, 9.17) is 4.74 Å². The smallest absolute Gasteiger partial charge is 0.233 e. The number of nitrogens with zero attached hydrogens (tertiary/aromatic N) is 4. The van der Waals surface area contributed by atoms with Crippen molar-refractivity contribution in [1.82, 2.24) is 19.7 Å². The van der Waals surface area contributed by atoms with Crippen molar-refractivity contribution in [2.45, 2.75) is 19.0 Å². The predicted molar refractivity (Wildman–Crippen MR) is 114 cm³/mol. The van der Waals surface area contributed by atoms with E-state index >= 15 is 0 Å². The quantitative estimate of drug-likeness (QED) is 0.605. The van der Waals surface area contributed by atoms with Gasteiger partial charge in [0, 0.05) is 24.3 Å². The first kappa shape index (κ1) is 19.7. The van der Waals surface area contributed by atoms with E-state index in [1.807, 2.05) is 21.6 Å². The zero-order valence-corrected chi connectivity index (χ0v) is 17.5. The first-order valence-corrected chi connectivity index (χ1v) is 10.7. The molecule has 1 saturated heterocycles. The molecule has 0 N–H and O–H groups in total. The van der Waals surface area contributed by atoms with Gasteiger partial charge in [0.2, 0.25) is 5.91 Å². The molecule has 1 amide bonds. The molecule has 3 aromatic rings. The molecular formula is C22H24N4O2S. The molecule has 1 aliphatic rings. The molecule has 2 aromatic carbocycles. The van der Waals surface area contributed by atoms with E-state index in [2.05, 4.69) is 60.4 Å². The molecule has 0 atom stereocenters. The van der Waals surface area contributed by atoms with E-state index in [-0.39, 0.29) is 5.91 Å². The third kappa shape index (κ3) is 4.52. The fraction of sp³-hybridized carbons (Fsp3) is 0.318. The van der Waals surface area contributed by atoms with Crippen LogP contribution in [0.15, 0.2) is 53.7 Å². The van der Waals surface area contributed by atoms with Crippen LogP contribution in [0.1, 0.15) is 11.1 Å². The zero-order valence-electron chi connectivity index (χ0n) is 16.7. The number of hydrogen-bond donors (Lipinski definition) is 0. The molecule has 150 valence electrons. The van der Waals surface area contributed by atoms with E-state index in [1.54, 1.807) is 0 Å². The Hall–Kier alpha value is -2.64. The number of hydrogen-bond acceptors (Lipinski definition) is 5. The number of carbonyl (C=O) groups is 1. The summed E-state index contributed by atoms with van der Waals surface area (Å²) < 4.78 is 7.37. The van der Waals surface area contributed by atoms with Gasteiger partial charge in [-0.1, -0.05) is 53.2 Å². The van der Waals surface area contributed by atoms with E-state index in [1.165, 1.54) is 17.3 Å². The van der Waals surface area contributed by atoms with Crippen molar-refractivity contribution in [3.8, 4) is 17.1 Å². The van der Waals surface area contributed by atoms with Crippen molar-refractivity contribution >= 4 is 17.7 Å². The van der Waals surface area contributed by atoms with Crippen LogP contribution in [-0.2, 0) is 9.53 Å². The van der Waals surface area contributed by atoms with Crippen molar-refractivity contribution in [1.29, 1.82) is 0 Å². The third-order valence-corrected chi connectivity index (χ3v) is 5.80. The van der Waals surface area contributed by atoms with Gasteiger partial charge in [-0.3, -0.25) is 9.36 Å². The average Bonchev–Trinajstić information content (AvgIpc) is 3.17. The monoisotopic (exact) mass is 408 g/mol. The van der Waals surface area contributed by atoms with Gasteiger partial charge in [0.05, 0.1) is 19.0 Å². The second-order valence-corrected chi connectivity index (χ2v) is 8.07. The van der Waals surface area contributed by atoms with E-state index < -0.39 is 0 Å². The van der Waals surface area contributed by atoms with Crippen molar-refractivity contribution in [3.05, 3.63) is 59.7 Å². The van der Waals surface area contributed by atoms with Gasteiger partial charge in [0.25, 0.3) is 0 Å². The van der Waals surface area contributed by atoms with Crippen molar-refractivity contribution in [3.63, 3.8) is 0 Å². The molecule has 1 aromatic heterocycles. The minimum Gasteiger partial charge on any atom is -0.378 e. The third-order valence-electron chi connectivity index (χ3n) is 4.89. The van der Waals surface area contributed by atoms with Gasteiger partial charge in [0.15, 0.2) is 11.0 Å². The van der Waals surface area contributed by atoms with Crippen LogP contribution in [0, 0.1) is 13.8 Å². The van der Waals surface area contributed by atoms with Crippen LogP contribution in [0.5, 0.6) is 0 Å². The Kier molecular flexibility index (Phi) is 5.97. The van der Waals surface area contributed by atoms with Gasteiger partial charge in [-0.2, -0.15) is 0 Å². The maximum Gasteiger partial charge on any atom is 0.233 e. The molecule has 0 unspecified atom stereocenters. The van der Waals surface area contributed by atoms with Gasteiger partial charge in [-0.25, -0.2) is 0 Å². The van der Waals surface area contributed by atoms with Crippen LogP contribution in [0.3, 0.4) is 0 Å². The Morgan fingerprint density at radius 3 is 2.52 bits per heavy atom. The first-order valence-electron chi connectivity index (χ1n) is 9.69. The Balaban J connectivity index is 1.64. The van der Waals surface area contributed by atoms with Gasteiger partial charge >= 0.3 is 0 Å². The molecule has 4 rings (SSSR count). The maximum atomic E-state index is 12.6. The predicted octanol–water partition coefficient (Wildman–Crippen LogP) is 3.50. The van der Waals surface area contributed by atoms with Crippen LogP contribution in [-0.4, -0.2) is 57.6 Å². The summed E-state index contributed by atoms with van der Waals surface area (Å²) in [6.45, 7) is 6.64. The number of carbonyl (C=O) groups excluding carboxylic acids is 1. The summed E-state index contributed by atoms with van der Waals surface area (Å²) >= 11 is 1.42. The summed E-state index contributed by atoms with van der Waals surface area (Å²) in [6.07, 6.45) is 0. The molecule has 29 heavy (non-hydrogen) atoms. The minimum atomic E-state index is 0.105. The van der Waals surface area contributed by atoms with E-state index in [0.29, 0.717) is 37.2 Å². The number of aryl methyl sites for hydroxylation is 2. The van der Waals surface area contributed by atoms with Crippen LogP contribution in [0.2, 0.25) is 0 Å². The lowest BCUT2D eigenvalue weighted by molar-refractivity contribution is -0.132. The number of rotatable bonds is 5. The SMILES string of the molecule is Cc1ccc(-n2c(SCC(=O)N3CCOCC3)nnc2-c2cccc(C)c2)cc1. The number of amides is 1. The lowest BCUT2D eigenvalue weighted by Gasteiger charge is -2.26. The lowest BCUT2D eigenvalue weighted by Crippen LogP contribution is -2.41. The Bertz CT molecular complexity index is 994. The molecule has 2 heterocycles. The lowest BCUT2D eigenvalue weighted by atomic mass is 10.1. The molecule has 1 fully saturated rings. The van der Waals surface area contributed by atoms with Gasteiger partial charge in [-0.15, -0.1) is 10.2 Å². The zero-order chi connectivity index (χ0) is 20.2. The van der Waals surface area contributed by atoms with Gasteiger partial charge in [-0.05, 0) is 32.0 Å². The molecular weight excluding hydrogens is 384 g/mol. The summed E-state index contributed by atoms with van der Waals surface area (Å²) in [5.74, 6) is 1.21. The molecule has 7 heteroatoms. The second kappa shape index (κ2) is 8.80. The number of ether oxygens (including phenoxy) is 1. The Morgan fingerprint density at radius 1 is 1.03 bits per heavy atom. The van der Waals surface area contributed by atoms with Gasteiger partial charge in [0.1, 0.15) is 0 Å². The second-order valence-electron chi connectivity index (χ2n) is 7.13. The summed E-state index contributed by atoms with van der Waals surface area (Å²) in [5.41, 5.74) is 4.34. The molecule has 0 radical (unpaired) electrons. The summed E-state index contributed by atoms with van der Waals surface area (Å²) in [5, 5.41) is 9.60. The fourth-order valence-electron chi connectivity index (χ4n) is 3.29. The molecule has 0 bridgehead atoms. The van der Waals surface area contributed by atoms with Crippen molar-refractivity contribution in [2.24, 2.45) is 0 Å². The largest absolute Gasteiger partial charge is 0.378 e. The fourth-order valence-corrected chi connectivity index (χ4v) is 4.15. The first-order chi connectivity index (χ1) is 14.1. The summed E-state index contributed by atoms with van der Waals surface area (Å²) in [7, 11) is 0. The number of aromatic nitrogens is 3. The standard InChI is InChI=1S/C22H24N4O2S/c1-16-6-8-19(9-7-16)26-21(18-5-3-4-17(2)14-18)23-24-22(26)29-15-20(27)25-10-12-28-13-11-25/h3-9,14H,10-13,15H2,1-2H3. The highest BCUT2D eigenvalue weighted by molar-refractivity contribution is 7.99. The normalized spacial score (nSPS) is 14.2. The topological polar surface area (TPSA) is 60.2 Å². The highest BCUT2D eigenvalue weighted by atomic mass is 32.2. The molecule has 0 aliphatic carbocycles. The van der Waals surface area contributed by atoms with Crippen LogP contribution < -0.4 is 0 Å². The molecule has 0 spiro atoms. The highest BCUT2D eigenvalue weighted by Crippen LogP contribution is 2.28. The van der Waals surface area contributed by atoms with Crippen LogP contribution in [0.4, 0.5) is 0 Å². The van der Waals surface area contributed by atoms with E-state index in [0.717, 1.165) is 22.6 Å². The molecule has 6 nitrogen and oxygen atoms in total. The van der Waals surface area contributed by atoms with Crippen molar-refractivity contribution in [2.75, 3.05) is 32.1 Å². The van der Waals surface area contributed by atoms with E-state index in [9.17, 15) is 4.79 Å². The molecule has 1 aliphatic heterocycles. The maximum absolute atomic E-state index is 12.6. The van der Waals surface area contributed by atoms with Crippen molar-refractivity contribution < 1.29 is 9.53 Å². The van der Waals surface area contributed by atoms with Crippen LogP contribution >= 0.6 is 11.8 Å². The molecule has 0 saturated carbocycles. The Morgan fingerprint density at radius 2 is 1.79 bits per heavy atom. The number of benzene rings is 2. The summed E-state index contributed by atoms with van der Waals surface area (Å²) in [6, 6.07) is 16.5. The average molecular weight is 409 g/mol. The number of morpholine rings is 1. The van der Waals surface area contributed by atoms with Crippen LogP contribution in [0.25, 0.3) is 17.1 Å². The van der Waals surface area contributed by atoms with Gasteiger partial charge < -0.3 is 9.64 Å². The number of thioether (sulfide) groups is 1. The Labute approximate surface area is 174 Å². The summed E-state index contributed by atoms with van der Waals surface area (Å²) in [4.78, 5) is 14.4.